The summed E-state index contributed by atoms with van der Waals surface area (Å²) >= 11 is 0.944. The number of rotatable bonds is 9. The van der Waals surface area contributed by atoms with Gasteiger partial charge >= 0.3 is 5.97 Å². The first-order chi connectivity index (χ1) is 9.79. The maximum atomic E-state index is 12.4. The van der Waals surface area contributed by atoms with E-state index in [1.807, 2.05) is 6.92 Å². The minimum absolute atomic E-state index is 0.0968. The Hall–Kier alpha value is -0.920. The second-order valence-corrected chi connectivity index (χ2v) is 7.78. The molecule has 0 bridgehead atoms. The Labute approximate surface area is 130 Å². The number of thiophene rings is 1. The Morgan fingerprint density at radius 1 is 1.38 bits per heavy atom. The van der Waals surface area contributed by atoms with Gasteiger partial charge in [-0.05, 0) is 31.2 Å². The number of hydrogen-bond acceptors (Lipinski definition) is 4. The van der Waals surface area contributed by atoms with E-state index in [1.54, 1.807) is 12.3 Å². The van der Waals surface area contributed by atoms with Crippen LogP contribution < -0.4 is 4.72 Å². The molecule has 1 unspecified atom stereocenters. The van der Waals surface area contributed by atoms with Gasteiger partial charge in [-0.15, -0.1) is 11.3 Å². The number of nitrogens with one attached hydrogen (secondary N) is 1. The molecule has 0 aliphatic heterocycles. The van der Waals surface area contributed by atoms with E-state index < -0.39 is 16.0 Å². The van der Waals surface area contributed by atoms with Gasteiger partial charge in [0.2, 0.25) is 10.0 Å². The maximum absolute atomic E-state index is 12.4. The van der Waals surface area contributed by atoms with Crippen molar-refractivity contribution < 1.29 is 18.3 Å². The Morgan fingerprint density at radius 3 is 2.62 bits per heavy atom. The SMILES string of the molecule is CCCCCCC(C)NS(=O)(=O)c1c(C)csc1C(=O)O. The molecular weight excluding hydrogens is 310 g/mol. The monoisotopic (exact) mass is 333 g/mol. The highest BCUT2D eigenvalue weighted by Crippen LogP contribution is 2.27. The summed E-state index contributed by atoms with van der Waals surface area (Å²) in [6.07, 6.45) is 5.08. The molecule has 120 valence electrons. The van der Waals surface area contributed by atoms with Crippen molar-refractivity contribution in [1.29, 1.82) is 0 Å². The van der Waals surface area contributed by atoms with Crippen LogP contribution in [0.15, 0.2) is 10.3 Å². The normalized spacial score (nSPS) is 13.3. The highest BCUT2D eigenvalue weighted by Gasteiger charge is 2.27. The molecule has 1 rings (SSSR count). The van der Waals surface area contributed by atoms with Crippen LogP contribution in [-0.2, 0) is 10.0 Å². The van der Waals surface area contributed by atoms with Crippen LogP contribution >= 0.6 is 11.3 Å². The molecule has 0 saturated heterocycles. The molecule has 0 amide bonds. The van der Waals surface area contributed by atoms with Crippen LogP contribution in [0.1, 0.15) is 61.2 Å². The number of aromatic carboxylic acids is 1. The molecule has 1 atom stereocenters. The lowest BCUT2D eigenvalue weighted by atomic mass is 10.1. The summed E-state index contributed by atoms with van der Waals surface area (Å²) in [6, 6.07) is -0.201. The molecule has 0 spiro atoms. The van der Waals surface area contributed by atoms with Crippen LogP contribution in [0.2, 0.25) is 0 Å². The molecule has 0 aromatic carbocycles. The third-order valence-corrected chi connectivity index (χ3v) is 6.22. The van der Waals surface area contributed by atoms with Gasteiger partial charge in [-0.25, -0.2) is 17.9 Å². The van der Waals surface area contributed by atoms with Crippen LogP contribution in [0.25, 0.3) is 0 Å². The van der Waals surface area contributed by atoms with Gasteiger partial charge in [0.25, 0.3) is 0 Å². The van der Waals surface area contributed by atoms with Gasteiger partial charge in [0.15, 0.2) is 0 Å². The lowest BCUT2D eigenvalue weighted by Gasteiger charge is -2.14. The van der Waals surface area contributed by atoms with Gasteiger partial charge in [-0.1, -0.05) is 32.6 Å². The predicted octanol–water partition coefficient (Wildman–Crippen LogP) is 3.39. The van der Waals surface area contributed by atoms with Crippen LogP contribution in [0.5, 0.6) is 0 Å². The van der Waals surface area contributed by atoms with Gasteiger partial charge < -0.3 is 5.11 Å². The van der Waals surface area contributed by atoms with E-state index in [4.69, 9.17) is 5.11 Å². The Kier molecular flexibility index (Phi) is 6.83. The summed E-state index contributed by atoms with van der Waals surface area (Å²) in [6.45, 7) is 5.55. The Bertz CT molecular complexity index is 578. The molecule has 5 nitrogen and oxygen atoms in total. The van der Waals surface area contributed by atoms with Crippen LogP contribution in [0.4, 0.5) is 0 Å². The van der Waals surface area contributed by atoms with Crippen molar-refractivity contribution in [3.05, 3.63) is 15.8 Å². The second kappa shape index (κ2) is 7.91. The summed E-state index contributed by atoms with van der Waals surface area (Å²) in [7, 11) is -3.79. The van der Waals surface area contributed by atoms with E-state index in [0.29, 0.717) is 5.56 Å². The van der Waals surface area contributed by atoms with Gasteiger partial charge in [0.05, 0.1) is 0 Å². The molecule has 2 N–H and O–H groups in total. The summed E-state index contributed by atoms with van der Waals surface area (Å²) in [4.78, 5) is 10.9. The number of carbonyl (C=O) groups is 1. The fourth-order valence-corrected chi connectivity index (χ4v) is 5.08. The van der Waals surface area contributed by atoms with Crippen molar-refractivity contribution in [2.45, 2.75) is 63.8 Å². The first kappa shape index (κ1) is 18.1. The molecule has 0 aliphatic carbocycles. The molecule has 1 aromatic heterocycles. The van der Waals surface area contributed by atoms with Crippen molar-refractivity contribution in [3.8, 4) is 0 Å². The Morgan fingerprint density at radius 2 is 2.05 bits per heavy atom. The molecule has 0 saturated carbocycles. The zero-order chi connectivity index (χ0) is 16.0. The molecule has 0 fully saturated rings. The van der Waals surface area contributed by atoms with Crippen LogP contribution in [0, 0.1) is 6.92 Å². The fraction of sp³-hybridized carbons (Fsp3) is 0.643. The highest BCUT2D eigenvalue weighted by molar-refractivity contribution is 7.89. The minimum atomic E-state index is -3.79. The van der Waals surface area contributed by atoms with E-state index in [9.17, 15) is 13.2 Å². The smallest absolute Gasteiger partial charge is 0.347 e. The van der Waals surface area contributed by atoms with Gasteiger partial charge in [0.1, 0.15) is 9.77 Å². The number of carboxylic acid groups (broad SMARTS) is 1. The first-order valence-electron chi connectivity index (χ1n) is 7.13. The Balaban J connectivity index is 2.78. The van der Waals surface area contributed by atoms with Crippen molar-refractivity contribution in [3.63, 3.8) is 0 Å². The van der Waals surface area contributed by atoms with Crippen molar-refractivity contribution in [1.82, 2.24) is 4.72 Å². The van der Waals surface area contributed by atoms with Crippen LogP contribution in [-0.4, -0.2) is 25.5 Å². The lowest BCUT2D eigenvalue weighted by Crippen LogP contribution is -2.33. The number of sulfonamides is 1. The van der Waals surface area contributed by atoms with E-state index in [0.717, 1.165) is 43.4 Å². The number of unbranched alkanes of at least 4 members (excludes halogenated alkanes) is 3. The predicted molar refractivity (Wildman–Crippen MR) is 84.6 cm³/mol. The van der Waals surface area contributed by atoms with Crippen LogP contribution in [0.3, 0.4) is 0 Å². The van der Waals surface area contributed by atoms with E-state index in [-0.39, 0.29) is 15.8 Å². The molecule has 7 heteroatoms. The summed E-state index contributed by atoms with van der Waals surface area (Å²) < 4.78 is 27.3. The average molecular weight is 333 g/mol. The number of carboxylic acids is 1. The molecule has 1 heterocycles. The third kappa shape index (κ3) is 5.09. The van der Waals surface area contributed by atoms with Gasteiger partial charge in [-0.2, -0.15) is 0 Å². The van der Waals surface area contributed by atoms with E-state index in [2.05, 4.69) is 11.6 Å². The van der Waals surface area contributed by atoms with Gasteiger partial charge in [-0.3, -0.25) is 0 Å². The topological polar surface area (TPSA) is 83.5 Å². The van der Waals surface area contributed by atoms with E-state index >= 15 is 0 Å². The lowest BCUT2D eigenvalue weighted by molar-refractivity contribution is 0.0698. The van der Waals surface area contributed by atoms with Gasteiger partial charge in [0, 0.05) is 6.04 Å². The molecule has 1 aromatic rings. The molecule has 0 aliphatic rings. The second-order valence-electron chi connectivity index (χ2n) is 5.25. The molecule has 21 heavy (non-hydrogen) atoms. The third-order valence-electron chi connectivity index (χ3n) is 3.23. The van der Waals surface area contributed by atoms with Crippen molar-refractivity contribution in [2.24, 2.45) is 0 Å². The number of aryl methyl sites for hydroxylation is 1. The summed E-state index contributed by atoms with van der Waals surface area (Å²) in [5.74, 6) is -1.20. The number of hydrogen-bond donors (Lipinski definition) is 2. The quantitative estimate of drug-likeness (QED) is 0.679. The van der Waals surface area contributed by atoms with Crippen molar-refractivity contribution >= 4 is 27.3 Å². The first-order valence-corrected chi connectivity index (χ1v) is 9.49. The van der Waals surface area contributed by atoms with Crippen molar-refractivity contribution in [2.75, 3.05) is 0 Å². The average Bonchev–Trinajstić information content (AvgIpc) is 2.77. The summed E-state index contributed by atoms with van der Waals surface area (Å²) in [5.41, 5.74) is 0.475. The molecular formula is C14H23NO4S2. The minimum Gasteiger partial charge on any atom is -0.477 e. The standard InChI is InChI=1S/C14H23NO4S2/c1-4-5-6-7-8-11(3)15-21(18,19)13-10(2)9-20-12(13)14(16)17/h9,11,15H,4-8H2,1-3H3,(H,16,17). The maximum Gasteiger partial charge on any atom is 0.347 e. The summed E-state index contributed by atoms with van der Waals surface area (Å²) in [5, 5.41) is 10.7. The zero-order valence-electron chi connectivity index (χ0n) is 12.7. The molecule has 0 radical (unpaired) electrons. The van der Waals surface area contributed by atoms with E-state index in [1.165, 1.54) is 0 Å². The fourth-order valence-electron chi connectivity index (χ4n) is 2.17. The largest absolute Gasteiger partial charge is 0.477 e. The zero-order valence-corrected chi connectivity index (χ0v) is 14.3. The highest BCUT2D eigenvalue weighted by atomic mass is 32.2.